The van der Waals surface area contributed by atoms with Crippen LogP contribution in [0.5, 0.6) is 0 Å². The Morgan fingerprint density at radius 2 is 2.14 bits per heavy atom. The quantitative estimate of drug-likeness (QED) is 0.819. The number of pyridine rings is 2. The van der Waals surface area contributed by atoms with E-state index < -0.39 is 0 Å². The van der Waals surface area contributed by atoms with Gasteiger partial charge in [0.1, 0.15) is 11.5 Å². The number of aromatic nitrogens is 2. The van der Waals surface area contributed by atoms with Gasteiger partial charge < -0.3 is 15.0 Å². The van der Waals surface area contributed by atoms with Crippen LogP contribution >= 0.6 is 11.8 Å². The highest BCUT2D eigenvalue weighted by Crippen LogP contribution is 2.17. The molecule has 0 saturated carbocycles. The first-order valence-corrected chi connectivity index (χ1v) is 8.24. The summed E-state index contributed by atoms with van der Waals surface area (Å²) in [5.74, 6) is 0.666. The SMILES string of the molecule is CSc1ccn(-c2ccc(N3CC[C@@H](O)C3)[nH]c2=O)c(=O)c1. The molecule has 0 amide bonds. The van der Waals surface area contributed by atoms with Crippen LogP contribution in [-0.4, -0.2) is 40.1 Å². The number of aliphatic hydroxyl groups is 1. The van der Waals surface area contributed by atoms with E-state index in [-0.39, 0.29) is 17.2 Å². The van der Waals surface area contributed by atoms with Crippen molar-refractivity contribution in [3.8, 4) is 5.69 Å². The molecule has 7 heteroatoms. The van der Waals surface area contributed by atoms with Gasteiger partial charge in [-0.25, -0.2) is 0 Å². The molecule has 2 N–H and O–H groups in total. The van der Waals surface area contributed by atoms with E-state index in [0.717, 1.165) is 4.90 Å². The van der Waals surface area contributed by atoms with Crippen LogP contribution in [0.1, 0.15) is 6.42 Å². The van der Waals surface area contributed by atoms with Crippen LogP contribution in [0.3, 0.4) is 0 Å². The molecule has 6 nitrogen and oxygen atoms in total. The third kappa shape index (κ3) is 2.82. The molecule has 0 unspecified atom stereocenters. The van der Waals surface area contributed by atoms with Gasteiger partial charge in [-0.15, -0.1) is 11.8 Å². The summed E-state index contributed by atoms with van der Waals surface area (Å²) >= 11 is 1.48. The molecule has 3 rings (SSSR count). The monoisotopic (exact) mass is 319 g/mol. The van der Waals surface area contributed by atoms with Crippen LogP contribution < -0.4 is 16.0 Å². The summed E-state index contributed by atoms with van der Waals surface area (Å²) in [6.07, 6.45) is 3.84. The summed E-state index contributed by atoms with van der Waals surface area (Å²) in [5.41, 5.74) is -0.263. The predicted molar refractivity (Wildman–Crippen MR) is 87.3 cm³/mol. The number of nitrogens with zero attached hydrogens (tertiary/aromatic N) is 2. The zero-order valence-corrected chi connectivity index (χ0v) is 13.0. The van der Waals surface area contributed by atoms with E-state index in [2.05, 4.69) is 4.98 Å². The molecule has 3 heterocycles. The molecule has 2 aromatic rings. The lowest BCUT2D eigenvalue weighted by atomic mass is 10.3. The Morgan fingerprint density at radius 1 is 1.32 bits per heavy atom. The minimum absolute atomic E-state index is 0.235. The van der Waals surface area contributed by atoms with E-state index in [4.69, 9.17) is 0 Å². The van der Waals surface area contributed by atoms with Crippen molar-refractivity contribution in [3.05, 3.63) is 51.2 Å². The Hall–Kier alpha value is -1.99. The van der Waals surface area contributed by atoms with Gasteiger partial charge in [-0.1, -0.05) is 0 Å². The van der Waals surface area contributed by atoms with Crippen LogP contribution in [0.4, 0.5) is 5.82 Å². The number of aliphatic hydroxyl groups excluding tert-OH is 1. The minimum atomic E-state index is -0.357. The number of thioether (sulfide) groups is 1. The van der Waals surface area contributed by atoms with Crippen molar-refractivity contribution < 1.29 is 5.11 Å². The number of nitrogens with one attached hydrogen (secondary N) is 1. The van der Waals surface area contributed by atoms with Crippen molar-refractivity contribution in [2.75, 3.05) is 24.2 Å². The molecule has 1 aliphatic heterocycles. The van der Waals surface area contributed by atoms with Gasteiger partial charge in [0.2, 0.25) is 0 Å². The van der Waals surface area contributed by atoms with E-state index in [1.807, 2.05) is 11.2 Å². The predicted octanol–water partition coefficient (Wildman–Crippen LogP) is 0.819. The van der Waals surface area contributed by atoms with Gasteiger partial charge in [0.15, 0.2) is 0 Å². The topological polar surface area (TPSA) is 78.3 Å². The molecule has 1 aliphatic rings. The van der Waals surface area contributed by atoms with Crippen molar-refractivity contribution >= 4 is 17.6 Å². The number of H-pyrrole nitrogens is 1. The van der Waals surface area contributed by atoms with Gasteiger partial charge in [0.25, 0.3) is 11.1 Å². The lowest BCUT2D eigenvalue weighted by molar-refractivity contribution is 0.198. The van der Waals surface area contributed by atoms with Crippen LogP contribution in [0.2, 0.25) is 0 Å². The molecule has 1 atom stereocenters. The molecule has 0 radical (unpaired) electrons. The summed E-state index contributed by atoms with van der Waals surface area (Å²) < 4.78 is 1.33. The van der Waals surface area contributed by atoms with Crippen molar-refractivity contribution in [2.24, 2.45) is 0 Å². The molecule has 2 aromatic heterocycles. The molecule has 0 bridgehead atoms. The summed E-state index contributed by atoms with van der Waals surface area (Å²) in [5, 5.41) is 9.57. The molecule has 0 spiro atoms. The Bertz CT molecular complexity index is 799. The highest BCUT2D eigenvalue weighted by Gasteiger charge is 2.21. The first-order chi connectivity index (χ1) is 10.6. The number of β-amino-alcohol motifs (C(OH)–C–C–N with tert-alkyl or cyclic N) is 1. The van der Waals surface area contributed by atoms with Crippen LogP contribution in [0.25, 0.3) is 5.69 Å². The number of hydrogen-bond donors (Lipinski definition) is 2. The first-order valence-electron chi connectivity index (χ1n) is 7.02. The molecule has 22 heavy (non-hydrogen) atoms. The van der Waals surface area contributed by atoms with Crippen molar-refractivity contribution in [2.45, 2.75) is 17.4 Å². The Labute approximate surface area is 131 Å². The molecule has 0 aromatic carbocycles. The summed E-state index contributed by atoms with van der Waals surface area (Å²) in [7, 11) is 0. The molecule has 0 aliphatic carbocycles. The lowest BCUT2D eigenvalue weighted by Crippen LogP contribution is -2.28. The highest BCUT2D eigenvalue weighted by molar-refractivity contribution is 7.98. The normalized spacial score (nSPS) is 17.9. The van der Waals surface area contributed by atoms with Gasteiger partial charge in [0, 0.05) is 30.2 Å². The fraction of sp³-hybridized carbons (Fsp3) is 0.333. The van der Waals surface area contributed by atoms with Crippen molar-refractivity contribution in [3.63, 3.8) is 0 Å². The Kier molecular flexibility index (Phi) is 4.08. The molecule has 116 valence electrons. The van der Waals surface area contributed by atoms with E-state index in [1.165, 1.54) is 22.4 Å². The third-order valence-corrected chi connectivity index (χ3v) is 4.49. The number of hydrogen-bond acceptors (Lipinski definition) is 5. The molecule has 1 saturated heterocycles. The summed E-state index contributed by atoms with van der Waals surface area (Å²) in [6.45, 7) is 1.22. The molecular weight excluding hydrogens is 302 g/mol. The minimum Gasteiger partial charge on any atom is -0.391 e. The second-order valence-corrected chi connectivity index (χ2v) is 6.10. The van der Waals surface area contributed by atoms with Gasteiger partial charge in [0.05, 0.1) is 6.10 Å². The molecule has 1 fully saturated rings. The summed E-state index contributed by atoms with van der Waals surface area (Å²) in [4.78, 5) is 29.9. The van der Waals surface area contributed by atoms with E-state index in [0.29, 0.717) is 31.0 Å². The van der Waals surface area contributed by atoms with E-state index >= 15 is 0 Å². The second kappa shape index (κ2) is 6.02. The fourth-order valence-corrected chi connectivity index (χ4v) is 2.99. The van der Waals surface area contributed by atoms with Gasteiger partial charge in [-0.3, -0.25) is 14.2 Å². The molecular formula is C15H17N3O3S. The Balaban J connectivity index is 1.96. The lowest BCUT2D eigenvalue weighted by Gasteiger charge is -2.17. The van der Waals surface area contributed by atoms with E-state index in [9.17, 15) is 14.7 Å². The maximum atomic E-state index is 12.3. The standard InChI is InChI=1S/C15H17N3O3S/c1-22-11-5-7-18(14(20)8-11)12-2-3-13(16-15(12)21)17-6-4-10(19)9-17/h2-3,5,7-8,10,19H,4,6,9H2,1H3,(H,16,21)/t10-/m1/s1. The summed E-state index contributed by atoms with van der Waals surface area (Å²) in [6, 6.07) is 6.72. The fourth-order valence-electron chi connectivity index (χ4n) is 2.58. The second-order valence-electron chi connectivity index (χ2n) is 5.22. The third-order valence-electron chi connectivity index (χ3n) is 3.76. The average Bonchev–Trinajstić information content (AvgIpc) is 2.94. The van der Waals surface area contributed by atoms with Crippen LogP contribution in [0, 0.1) is 0 Å². The zero-order chi connectivity index (χ0) is 15.7. The van der Waals surface area contributed by atoms with Crippen LogP contribution in [-0.2, 0) is 0 Å². The Morgan fingerprint density at radius 3 is 2.73 bits per heavy atom. The smallest absolute Gasteiger partial charge is 0.273 e. The number of rotatable bonds is 3. The van der Waals surface area contributed by atoms with Gasteiger partial charge >= 0.3 is 0 Å². The van der Waals surface area contributed by atoms with Crippen LogP contribution in [0.15, 0.2) is 44.9 Å². The number of anilines is 1. The maximum absolute atomic E-state index is 12.3. The first kappa shape index (κ1) is 14.9. The van der Waals surface area contributed by atoms with E-state index in [1.54, 1.807) is 24.4 Å². The number of aromatic amines is 1. The van der Waals surface area contributed by atoms with Crippen molar-refractivity contribution in [1.82, 2.24) is 9.55 Å². The van der Waals surface area contributed by atoms with Gasteiger partial charge in [-0.2, -0.15) is 0 Å². The zero-order valence-electron chi connectivity index (χ0n) is 12.2. The maximum Gasteiger partial charge on any atom is 0.273 e. The highest BCUT2D eigenvalue weighted by atomic mass is 32.2. The largest absolute Gasteiger partial charge is 0.391 e. The van der Waals surface area contributed by atoms with Gasteiger partial charge in [-0.05, 0) is 30.9 Å². The van der Waals surface area contributed by atoms with Crippen molar-refractivity contribution in [1.29, 1.82) is 0 Å². The average molecular weight is 319 g/mol.